The van der Waals surface area contributed by atoms with Crippen molar-refractivity contribution in [2.75, 3.05) is 17.2 Å². The van der Waals surface area contributed by atoms with Crippen LogP contribution in [0.4, 0.5) is 11.5 Å². The number of H-pyrrole nitrogens is 1. The summed E-state index contributed by atoms with van der Waals surface area (Å²) in [5.74, 6) is -0.266. The van der Waals surface area contributed by atoms with E-state index in [0.29, 0.717) is 18.7 Å². The summed E-state index contributed by atoms with van der Waals surface area (Å²) >= 11 is 0. The molecule has 164 valence electrons. The first-order valence-electron chi connectivity index (χ1n) is 10.9. The van der Waals surface area contributed by atoms with Gasteiger partial charge in [0.25, 0.3) is 11.5 Å². The zero-order chi connectivity index (χ0) is 22.4. The first-order chi connectivity index (χ1) is 15.0. The van der Waals surface area contributed by atoms with Crippen molar-refractivity contribution in [1.82, 2.24) is 9.55 Å². The Labute approximate surface area is 181 Å². The zero-order valence-corrected chi connectivity index (χ0v) is 18.2. The lowest BCUT2D eigenvalue weighted by Gasteiger charge is -2.25. The van der Waals surface area contributed by atoms with Crippen molar-refractivity contribution in [3.05, 3.63) is 68.9 Å². The predicted molar refractivity (Wildman–Crippen MR) is 126 cm³/mol. The Morgan fingerprint density at radius 2 is 1.71 bits per heavy atom. The maximum absolute atomic E-state index is 13.7. The molecule has 0 atom stereocenters. The molecule has 0 spiro atoms. The molecule has 0 saturated carbocycles. The van der Waals surface area contributed by atoms with Gasteiger partial charge in [0.15, 0.2) is 5.69 Å². The third-order valence-electron chi connectivity index (χ3n) is 5.47. The van der Waals surface area contributed by atoms with Gasteiger partial charge >= 0.3 is 5.69 Å². The van der Waals surface area contributed by atoms with Crippen LogP contribution in [-0.4, -0.2) is 22.0 Å². The molecule has 3 N–H and O–H groups in total. The van der Waals surface area contributed by atoms with Gasteiger partial charge in [-0.05, 0) is 29.7 Å². The average molecular weight is 423 g/mol. The second kappa shape index (κ2) is 10.1. The second-order valence-electron chi connectivity index (χ2n) is 7.69. The number of hydrogen-bond donors (Lipinski definition) is 2. The number of carbonyl (C=O) groups is 1. The van der Waals surface area contributed by atoms with Gasteiger partial charge in [-0.25, -0.2) is 4.79 Å². The number of aromatic nitrogens is 2. The second-order valence-corrected chi connectivity index (χ2v) is 7.69. The van der Waals surface area contributed by atoms with E-state index in [4.69, 9.17) is 5.73 Å². The minimum Gasteiger partial charge on any atom is -0.383 e. The van der Waals surface area contributed by atoms with Gasteiger partial charge in [-0.3, -0.25) is 19.1 Å². The molecule has 2 aromatic carbocycles. The predicted octanol–water partition coefficient (Wildman–Crippen LogP) is 3.91. The molecule has 0 aliphatic carbocycles. The maximum atomic E-state index is 13.7. The molecule has 0 radical (unpaired) electrons. The van der Waals surface area contributed by atoms with Crippen LogP contribution in [-0.2, 0) is 6.54 Å². The van der Waals surface area contributed by atoms with Crippen LogP contribution in [0.3, 0.4) is 0 Å². The molecule has 7 heteroatoms. The Morgan fingerprint density at radius 1 is 1.00 bits per heavy atom. The fourth-order valence-corrected chi connectivity index (χ4v) is 3.77. The van der Waals surface area contributed by atoms with E-state index in [0.717, 1.165) is 42.9 Å². The Kier molecular flexibility index (Phi) is 7.28. The molecule has 0 fully saturated rings. The number of unbranched alkanes of at least 4 members (excludes halogenated alkanes) is 3. The quantitative estimate of drug-likeness (QED) is 0.511. The average Bonchev–Trinajstić information content (AvgIpc) is 2.77. The third-order valence-corrected chi connectivity index (χ3v) is 5.47. The van der Waals surface area contributed by atoms with E-state index in [1.54, 1.807) is 6.07 Å². The molecule has 31 heavy (non-hydrogen) atoms. The molecule has 0 saturated heterocycles. The van der Waals surface area contributed by atoms with Gasteiger partial charge in [-0.1, -0.05) is 69.5 Å². The molecule has 3 aromatic rings. The fourth-order valence-electron chi connectivity index (χ4n) is 3.77. The molecule has 1 amide bonds. The van der Waals surface area contributed by atoms with Crippen LogP contribution in [0.25, 0.3) is 10.8 Å². The van der Waals surface area contributed by atoms with E-state index >= 15 is 0 Å². The molecular weight excluding hydrogens is 392 g/mol. The SMILES string of the molecule is CCCCCN(C(=O)c1cccc2ccccc12)c1c(N)n(CCCC)c(=O)[nH]c1=O. The highest BCUT2D eigenvalue weighted by Gasteiger charge is 2.26. The van der Waals surface area contributed by atoms with Gasteiger partial charge in [-0.2, -0.15) is 0 Å². The number of rotatable bonds is 9. The van der Waals surface area contributed by atoms with E-state index in [1.807, 2.05) is 43.3 Å². The summed E-state index contributed by atoms with van der Waals surface area (Å²) in [7, 11) is 0. The summed E-state index contributed by atoms with van der Waals surface area (Å²) in [5, 5.41) is 1.75. The number of nitrogens with two attached hydrogens (primary N) is 1. The lowest BCUT2D eigenvalue weighted by atomic mass is 10.0. The van der Waals surface area contributed by atoms with Crippen molar-refractivity contribution >= 4 is 28.2 Å². The number of nitrogen functional groups attached to an aromatic ring is 1. The normalized spacial score (nSPS) is 11.0. The van der Waals surface area contributed by atoms with Gasteiger partial charge in [0.2, 0.25) is 0 Å². The Hall–Kier alpha value is -3.35. The summed E-state index contributed by atoms with van der Waals surface area (Å²) in [4.78, 5) is 42.6. The molecule has 0 bridgehead atoms. The van der Waals surface area contributed by atoms with Crippen molar-refractivity contribution in [2.45, 2.75) is 52.5 Å². The minimum atomic E-state index is -0.639. The number of nitrogens with zero attached hydrogens (tertiary/aromatic N) is 2. The van der Waals surface area contributed by atoms with E-state index < -0.39 is 11.2 Å². The summed E-state index contributed by atoms with van der Waals surface area (Å²) in [6.07, 6.45) is 4.21. The summed E-state index contributed by atoms with van der Waals surface area (Å²) < 4.78 is 1.35. The largest absolute Gasteiger partial charge is 0.383 e. The Bertz CT molecular complexity index is 1170. The summed E-state index contributed by atoms with van der Waals surface area (Å²) in [6, 6.07) is 13.2. The number of amides is 1. The van der Waals surface area contributed by atoms with Crippen LogP contribution in [0.5, 0.6) is 0 Å². The van der Waals surface area contributed by atoms with Crippen molar-refractivity contribution in [3.63, 3.8) is 0 Å². The molecule has 1 aromatic heterocycles. The highest BCUT2D eigenvalue weighted by molar-refractivity contribution is 6.14. The van der Waals surface area contributed by atoms with Crippen LogP contribution in [0.1, 0.15) is 56.3 Å². The van der Waals surface area contributed by atoms with Gasteiger partial charge in [-0.15, -0.1) is 0 Å². The fraction of sp³-hybridized carbons (Fsp3) is 0.375. The standard InChI is InChI=1S/C24H30N4O3/c1-3-5-9-16-27(20-21(25)28(15-6-4-2)24(31)26-22(20)29)23(30)19-14-10-12-17-11-7-8-13-18(17)19/h7-8,10-14H,3-6,9,15-16,25H2,1-2H3,(H,26,29,31). The molecular formula is C24H30N4O3. The van der Waals surface area contributed by atoms with Crippen LogP contribution in [0.2, 0.25) is 0 Å². The van der Waals surface area contributed by atoms with Crippen LogP contribution < -0.4 is 21.9 Å². The molecule has 0 unspecified atom stereocenters. The zero-order valence-electron chi connectivity index (χ0n) is 18.2. The molecule has 7 nitrogen and oxygen atoms in total. The lowest BCUT2D eigenvalue weighted by Crippen LogP contribution is -2.41. The van der Waals surface area contributed by atoms with Gasteiger partial charge < -0.3 is 10.6 Å². The van der Waals surface area contributed by atoms with E-state index in [-0.39, 0.29) is 17.4 Å². The van der Waals surface area contributed by atoms with Crippen molar-refractivity contribution in [1.29, 1.82) is 0 Å². The van der Waals surface area contributed by atoms with Crippen LogP contribution in [0.15, 0.2) is 52.1 Å². The van der Waals surface area contributed by atoms with Gasteiger partial charge in [0, 0.05) is 18.7 Å². The number of fused-ring (bicyclic) bond motifs is 1. The topological polar surface area (TPSA) is 101 Å². The first-order valence-corrected chi connectivity index (χ1v) is 10.9. The number of benzene rings is 2. The first kappa shape index (κ1) is 22.3. The molecule has 0 aliphatic rings. The van der Waals surface area contributed by atoms with E-state index in [2.05, 4.69) is 11.9 Å². The van der Waals surface area contributed by atoms with Crippen molar-refractivity contribution in [2.24, 2.45) is 0 Å². The highest BCUT2D eigenvalue weighted by Crippen LogP contribution is 2.25. The summed E-state index contributed by atoms with van der Waals surface area (Å²) in [5.41, 5.74) is 5.67. The Morgan fingerprint density at radius 3 is 2.45 bits per heavy atom. The van der Waals surface area contributed by atoms with Gasteiger partial charge in [0.1, 0.15) is 5.82 Å². The smallest absolute Gasteiger partial charge is 0.330 e. The number of aromatic amines is 1. The third kappa shape index (κ3) is 4.71. The Balaban J connectivity index is 2.14. The lowest BCUT2D eigenvalue weighted by molar-refractivity contribution is 0.0987. The molecule has 0 aliphatic heterocycles. The van der Waals surface area contributed by atoms with Crippen LogP contribution >= 0.6 is 0 Å². The van der Waals surface area contributed by atoms with Crippen LogP contribution in [0, 0.1) is 0 Å². The summed E-state index contributed by atoms with van der Waals surface area (Å²) in [6.45, 7) is 4.81. The molecule has 1 heterocycles. The number of hydrogen-bond acceptors (Lipinski definition) is 4. The number of anilines is 2. The van der Waals surface area contributed by atoms with Crippen molar-refractivity contribution < 1.29 is 4.79 Å². The minimum absolute atomic E-state index is 0.0345. The van der Waals surface area contributed by atoms with E-state index in [1.165, 1.54) is 9.47 Å². The maximum Gasteiger partial charge on any atom is 0.330 e. The highest BCUT2D eigenvalue weighted by atomic mass is 16.2. The molecule has 3 rings (SSSR count). The van der Waals surface area contributed by atoms with E-state index in [9.17, 15) is 14.4 Å². The van der Waals surface area contributed by atoms with Gasteiger partial charge in [0.05, 0.1) is 0 Å². The monoisotopic (exact) mass is 422 g/mol. The number of nitrogens with one attached hydrogen (secondary N) is 1. The van der Waals surface area contributed by atoms with Crippen molar-refractivity contribution in [3.8, 4) is 0 Å². The number of carbonyl (C=O) groups excluding carboxylic acids is 1.